The molecule has 0 aliphatic carbocycles. The summed E-state index contributed by atoms with van der Waals surface area (Å²) in [4.78, 5) is 23.3. The van der Waals surface area contributed by atoms with Gasteiger partial charge in [-0.15, -0.1) is 0 Å². The summed E-state index contributed by atoms with van der Waals surface area (Å²) < 4.78 is 5.76. The fraction of sp³-hybridized carbons (Fsp3) is 0. The smallest absolute Gasteiger partial charge is 0.335 e. The minimum atomic E-state index is -1.06. The predicted molar refractivity (Wildman–Crippen MR) is 109 cm³/mol. The minimum absolute atomic E-state index is 0.0934. The van der Waals surface area contributed by atoms with Crippen LogP contribution in [0.5, 0.6) is 11.5 Å². The van der Waals surface area contributed by atoms with E-state index in [1.165, 1.54) is 30.3 Å². The first kappa shape index (κ1) is 19.4. The van der Waals surface area contributed by atoms with Crippen LogP contribution in [0.25, 0.3) is 6.08 Å². The fourth-order valence-electron chi connectivity index (χ4n) is 2.50. The number of carbonyl (C=O) groups is 2. The molecule has 0 bridgehead atoms. The second kappa shape index (κ2) is 9.02. The van der Waals surface area contributed by atoms with Crippen molar-refractivity contribution in [3.8, 4) is 17.6 Å². The first-order chi connectivity index (χ1) is 14.0. The first-order valence-electron chi connectivity index (χ1n) is 8.64. The largest absolute Gasteiger partial charge is 0.478 e. The Bertz CT molecular complexity index is 1100. The van der Waals surface area contributed by atoms with Crippen molar-refractivity contribution in [1.82, 2.24) is 0 Å². The van der Waals surface area contributed by atoms with E-state index in [1.807, 2.05) is 36.4 Å². The van der Waals surface area contributed by atoms with Crippen molar-refractivity contribution in [2.24, 2.45) is 0 Å². The molecule has 0 saturated heterocycles. The standard InChI is InChI=1S/C23H16N2O4/c24-15-18(22(26)25-19-11-9-17(10-12-19)23(27)28)13-16-5-4-8-21(14-16)29-20-6-2-1-3-7-20/h1-14H,(H,25,26)(H,27,28)/b18-13-. The van der Waals surface area contributed by atoms with Gasteiger partial charge in [0.25, 0.3) is 5.91 Å². The first-order valence-corrected chi connectivity index (χ1v) is 8.64. The zero-order valence-electron chi connectivity index (χ0n) is 15.2. The highest BCUT2D eigenvalue weighted by atomic mass is 16.5. The van der Waals surface area contributed by atoms with Crippen LogP contribution in [0.4, 0.5) is 5.69 Å². The summed E-state index contributed by atoms with van der Waals surface area (Å²) in [6, 6.07) is 23.8. The molecule has 0 heterocycles. The van der Waals surface area contributed by atoms with Gasteiger partial charge in [-0.2, -0.15) is 5.26 Å². The fourth-order valence-corrected chi connectivity index (χ4v) is 2.50. The molecule has 6 nitrogen and oxygen atoms in total. The number of hydrogen-bond donors (Lipinski definition) is 2. The average Bonchev–Trinajstić information content (AvgIpc) is 2.73. The van der Waals surface area contributed by atoms with Gasteiger partial charge in [0, 0.05) is 5.69 Å². The SMILES string of the molecule is N#C/C(=C/c1cccc(Oc2ccccc2)c1)C(=O)Nc1ccc(C(=O)O)cc1. The van der Waals surface area contributed by atoms with Gasteiger partial charge in [-0.3, -0.25) is 4.79 Å². The highest BCUT2D eigenvalue weighted by Gasteiger charge is 2.11. The third-order valence-corrected chi connectivity index (χ3v) is 3.90. The molecule has 1 amide bonds. The molecule has 6 heteroatoms. The molecule has 0 spiro atoms. The van der Waals surface area contributed by atoms with Crippen LogP contribution in [-0.4, -0.2) is 17.0 Å². The summed E-state index contributed by atoms with van der Waals surface area (Å²) in [5, 5.41) is 20.9. The van der Waals surface area contributed by atoms with E-state index >= 15 is 0 Å². The van der Waals surface area contributed by atoms with Crippen molar-refractivity contribution in [1.29, 1.82) is 5.26 Å². The lowest BCUT2D eigenvalue weighted by Crippen LogP contribution is -2.13. The second-order valence-electron chi connectivity index (χ2n) is 5.99. The van der Waals surface area contributed by atoms with E-state index in [0.717, 1.165) is 0 Å². The van der Waals surface area contributed by atoms with E-state index in [2.05, 4.69) is 5.32 Å². The molecule has 142 valence electrons. The number of rotatable bonds is 6. The minimum Gasteiger partial charge on any atom is -0.478 e. The van der Waals surface area contributed by atoms with Gasteiger partial charge in [0.05, 0.1) is 5.56 Å². The van der Waals surface area contributed by atoms with Crippen LogP contribution in [0.1, 0.15) is 15.9 Å². The van der Waals surface area contributed by atoms with Gasteiger partial charge in [-0.1, -0.05) is 30.3 Å². The number of anilines is 1. The maximum absolute atomic E-state index is 12.4. The lowest BCUT2D eigenvalue weighted by Gasteiger charge is -2.07. The Morgan fingerprint density at radius 3 is 2.28 bits per heavy atom. The Hall–Kier alpha value is -4.37. The number of ether oxygens (including phenoxy) is 1. The number of carbonyl (C=O) groups excluding carboxylic acids is 1. The molecular formula is C23H16N2O4. The van der Waals surface area contributed by atoms with Crippen molar-refractivity contribution < 1.29 is 19.4 Å². The Morgan fingerprint density at radius 2 is 1.62 bits per heavy atom. The van der Waals surface area contributed by atoms with Gasteiger partial charge in [0.2, 0.25) is 0 Å². The zero-order chi connectivity index (χ0) is 20.6. The summed E-state index contributed by atoms with van der Waals surface area (Å²) >= 11 is 0. The molecular weight excluding hydrogens is 368 g/mol. The van der Waals surface area contributed by atoms with Crippen LogP contribution >= 0.6 is 0 Å². The zero-order valence-corrected chi connectivity index (χ0v) is 15.2. The van der Waals surface area contributed by atoms with Gasteiger partial charge in [-0.05, 0) is 60.2 Å². The molecule has 0 aliphatic rings. The number of hydrogen-bond acceptors (Lipinski definition) is 4. The lowest BCUT2D eigenvalue weighted by atomic mass is 10.1. The van der Waals surface area contributed by atoms with Crippen molar-refractivity contribution in [3.63, 3.8) is 0 Å². The normalized spacial score (nSPS) is 10.7. The number of para-hydroxylation sites is 1. The van der Waals surface area contributed by atoms with Crippen molar-refractivity contribution in [2.45, 2.75) is 0 Å². The predicted octanol–water partition coefficient (Wildman–Crippen LogP) is 4.72. The van der Waals surface area contributed by atoms with E-state index in [9.17, 15) is 14.9 Å². The topological polar surface area (TPSA) is 99.4 Å². The summed E-state index contributed by atoms with van der Waals surface area (Å²) in [7, 11) is 0. The lowest BCUT2D eigenvalue weighted by molar-refractivity contribution is -0.112. The number of carboxylic acid groups (broad SMARTS) is 1. The third-order valence-electron chi connectivity index (χ3n) is 3.90. The monoisotopic (exact) mass is 384 g/mol. The number of nitrogens with zero attached hydrogens (tertiary/aromatic N) is 1. The van der Waals surface area contributed by atoms with Gasteiger partial charge >= 0.3 is 5.97 Å². The molecule has 29 heavy (non-hydrogen) atoms. The van der Waals surface area contributed by atoms with Crippen LogP contribution in [-0.2, 0) is 4.79 Å². The third kappa shape index (κ3) is 5.31. The summed E-state index contributed by atoms with van der Waals surface area (Å²) in [6.07, 6.45) is 1.46. The second-order valence-corrected chi connectivity index (χ2v) is 5.99. The molecule has 0 atom stereocenters. The van der Waals surface area contributed by atoms with Crippen LogP contribution < -0.4 is 10.1 Å². The molecule has 3 aromatic carbocycles. The summed E-state index contributed by atoms with van der Waals surface area (Å²) in [5.41, 5.74) is 1.03. The summed E-state index contributed by atoms with van der Waals surface area (Å²) in [5.74, 6) is -0.397. The number of carboxylic acids is 1. The van der Waals surface area contributed by atoms with E-state index in [4.69, 9.17) is 9.84 Å². The number of benzene rings is 3. The Balaban J connectivity index is 1.75. The Kier molecular flexibility index (Phi) is 6.03. The highest BCUT2D eigenvalue weighted by molar-refractivity contribution is 6.09. The summed E-state index contributed by atoms with van der Waals surface area (Å²) in [6.45, 7) is 0. The number of amides is 1. The highest BCUT2D eigenvalue weighted by Crippen LogP contribution is 2.23. The molecule has 0 fully saturated rings. The van der Waals surface area contributed by atoms with Gasteiger partial charge < -0.3 is 15.2 Å². The van der Waals surface area contributed by atoms with E-state index in [1.54, 1.807) is 24.3 Å². The number of nitriles is 1. The molecule has 0 unspecified atom stereocenters. The Labute approximate surface area is 167 Å². The maximum Gasteiger partial charge on any atom is 0.335 e. The molecule has 3 aromatic rings. The number of aromatic carboxylic acids is 1. The molecule has 0 radical (unpaired) electrons. The molecule has 0 aliphatic heterocycles. The van der Waals surface area contributed by atoms with E-state index in [-0.39, 0.29) is 11.1 Å². The van der Waals surface area contributed by atoms with Crippen LogP contribution in [0.15, 0.2) is 84.4 Å². The van der Waals surface area contributed by atoms with Crippen molar-refractivity contribution in [2.75, 3.05) is 5.32 Å². The van der Waals surface area contributed by atoms with Crippen LogP contribution in [0, 0.1) is 11.3 Å². The van der Waals surface area contributed by atoms with Crippen LogP contribution in [0.3, 0.4) is 0 Å². The van der Waals surface area contributed by atoms with Gasteiger partial charge in [0.15, 0.2) is 0 Å². The van der Waals surface area contributed by atoms with Gasteiger partial charge in [-0.25, -0.2) is 4.79 Å². The molecule has 0 saturated carbocycles. The molecule has 0 aromatic heterocycles. The quantitative estimate of drug-likeness (QED) is 0.473. The number of nitrogens with one attached hydrogen (secondary N) is 1. The molecule has 3 rings (SSSR count). The van der Waals surface area contributed by atoms with Crippen molar-refractivity contribution in [3.05, 3.63) is 95.6 Å². The van der Waals surface area contributed by atoms with E-state index in [0.29, 0.717) is 22.7 Å². The molecule has 2 N–H and O–H groups in total. The van der Waals surface area contributed by atoms with Gasteiger partial charge in [0.1, 0.15) is 23.1 Å². The van der Waals surface area contributed by atoms with E-state index < -0.39 is 11.9 Å². The van der Waals surface area contributed by atoms with Crippen LogP contribution in [0.2, 0.25) is 0 Å². The average molecular weight is 384 g/mol. The Morgan fingerprint density at radius 1 is 0.931 bits per heavy atom. The maximum atomic E-state index is 12.4. The van der Waals surface area contributed by atoms with Crippen molar-refractivity contribution >= 4 is 23.6 Å².